The van der Waals surface area contributed by atoms with Crippen LogP contribution in [-0.4, -0.2) is 24.0 Å². The number of amides is 1. The monoisotopic (exact) mass is 289 g/mol. The zero-order chi connectivity index (χ0) is 11.3. The second kappa shape index (κ2) is 5.99. The maximum atomic E-state index is 11.5. The number of thiazole rings is 1. The molecule has 0 aliphatic carbocycles. The van der Waals surface area contributed by atoms with E-state index in [4.69, 9.17) is 5.73 Å². The van der Waals surface area contributed by atoms with E-state index in [0.717, 1.165) is 9.49 Å². The molecule has 1 aromatic heterocycles. The van der Waals surface area contributed by atoms with E-state index >= 15 is 0 Å². The van der Waals surface area contributed by atoms with E-state index in [1.54, 1.807) is 5.38 Å². The first-order valence-corrected chi connectivity index (χ1v) is 6.06. The van der Waals surface area contributed by atoms with Crippen LogP contribution in [0.2, 0.25) is 0 Å². The molecule has 1 aromatic rings. The van der Waals surface area contributed by atoms with Gasteiger partial charge in [-0.3, -0.25) is 4.79 Å². The van der Waals surface area contributed by atoms with Gasteiger partial charge in [-0.15, -0.1) is 11.3 Å². The van der Waals surface area contributed by atoms with Gasteiger partial charge in [0.15, 0.2) is 0 Å². The predicted octanol–water partition coefficient (Wildman–Crippen LogP) is 1.28. The van der Waals surface area contributed by atoms with Crippen LogP contribution in [0, 0.1) is 0 Å². The zero-order valence-electron chi connectivity index (χ0n) is 8.12. The van der Waals surface area contributed by atoms with E-state index in [-0.39, 0.29) is 5.91 Å². The molecule has 0 fully saturated rings. The van der Waals surface area contributed by atoms with Crippen molar-refractivity contribution in [1.82, 2.24) is 10.3 Å². The lowest BCUT2D eigenvalue weighted by molar-refractivity contribution is 0.0953. The molecule has 0 atom stereocenters. The second-order valence-corrected chi connectivity index (χ2v) is 4.93. The van der Waals surface area contributed by atoms with Crippen LogP contribution >= 0.6 is 27.3 Å². The molecule has 0 aliphatic rings. The molecular weight excluding hydrogens is 278 g/mol. The Morgan fingerprint density at radius 3 is 3.07 bits per heavy atom. The van der Waals surface area contributed by atoms with Gasteiger partial charge in [-0.2, -0.15) is 0 Å². The van der Waals surface area contributed by atoms with Crippen molar-refractivity contribution in [3.8, 4) is 0 Å². The van der Waals surface area contributed by atoms with Crippen molar-refractivity contribution in [2.75, 3.05) is 13.1 Å². The Morgan fingerprint density at radius 2 is 2.47 bits per heavy atom. The molecule has 0 saturated heterocycles. The summed E-state index contributed by atoms with van der Waals surface area (Å²) in [5.41, 5.74) is 5.83. The fourth-order valence-electron chi connectivity index (χ4n) is 0.920. The van der Waals surface area contributed by atoms with Gasteiger partial charge in [-0.05, 0) is 6.54 Å². The fourth-order valence-corrected chi connectivity index (χ4v) is 1.85. The number of halogens is 1. The number of nitrogens with zero attached hydrogens (tertiary/aromatic N) is 1. The SMILES string of the molecule is C=C(Br)CNC(=O)c1csc(CCN)n1. The third-order valence-electron chi connectivity index (χ3n) is 1.58. The molecule has 6 heteroatoms. The smallest absolute Gasteiger partial charge is 0.271 e. The van der Waals surface area contributed by atoms with Crippen LogP contribution in [0.15, 0.2) is 16.4 Å². The molecule has 3 N–H and O–H groups in total. The highest BCUT2D eigenvalue weighted by molar-refractivity contribution is 9.11. The molecule has 0 aliphatic heterocycles. The van der Waals surface area contributed by atoms with Crippen LogP contribution in [-0.2, 0) is 6.42 Å². The molecule has 82 valence electrons. The van der Waals surface area contributed by atoms with Gasteiger partial charge in [-0.1, -0.05) is 22.5 Å². The normalized spacial score (nSPS) is 10.0. The topological polar surface area (TPSA) is 68.0 Å². The standard InChI is InChI=1S/C9H12BrN3OS/c1-6(10)4-12-9(14)7-5-15-8(13-7)2-3-11/h5H,1-4,11H2,(H,12,14). The lowest BCUT2D eigenvalue weighted by atomic mass is 10.4. The van der Waals surface area contributed by atoms with E-state index in [2.05, 4.69) is 32.8 Å². The minimum Gasteiger partial charge on any atom is -0.346 e. The quantitative estimate of drug-likeness (QED) is 0.858. The number of nitrogens with one attached hydrogen (secondary N) is 1. The van der Waals surface area contributed by atoms with Gasteiger partial charge in [0, 0.05) is 22.8 Å². The average molecular weight is 290 g/mol. The van der Waals surface area contributed by atoms with Crippen molar-refractivity contribution in [2.24, 2.45) is 5.73 Å². The van der Waals surface area contributed by atoms with Crippen LogP contribution in [0.1, 0.15) is 15.5 Å². The molecule has 1 rings (SSSR count). The number of carbonyl (C=O) groups is 1. The van der Waals surface area contributed by atoms with Gasteiger partial charge in [0.1, 0.15) is 5.69 Å². The Morgan fingerprint density at radius 1 is 1.73 bits per heavy atom. The lowest BCUT2D eigenvalue weighted by Gasteiger charge is -2.00. The van der Waals surface area contributed by atoms with Gasteiger partial charge in [0.25, 0.3) is 5.91 Å². The average Bonchev–Trinajstić information content (AvgIpc) is 2.63. The van der Waals surface area contributed by atoms with Crippen molar-refractivity contribution >= 4 is 33.2 Å². The number of carbonyl (C=O) groups excluding carboxylic acids is 1. The second-order valence-electron chi connectivity index (χ2n) is 2.87. The van der Waals surface area contributed by atoms with Crippen LogP contribution in [0.4, 0.5) is 0 Å². The number of rotatable bonds is 5. The van der Waals surface area contributed by atoms with Crippen LogP contribution in [0.5, 0.6) is 0 Å². The minimum atomic E-state index is -0.185. The zero-order valence-corrected chi connectivity index (χ0v) is 10.5. The Kier molecular flexibility index (Phi) is 4.93. The molecule has 0 spiro atoms. The van der Waals surface area contributed by atoms with E-state index in [9.17, 15) is 4.79 Å². The summed E-state index contributed by atoms with van der Waals surface area (Å²) in [6.07, 6.45) is 0.711. The summed E-state index contributed by atoms with van der Waals surface area (Å²) in [6.45, 7) is 4.58. The van der Waals surface area contributed by atoms with Crippen LogP contribution in [0.25, 0.3) is 0 Å². The molecule has 1 amide bonds. The Labute approximate surface area is 101 Å². The lowest BCUT2D eigenvalue weighted by Crippen LogP contribution is -2.24. The number of hydrogen-bond acceptors (Lipinski definition) is 4. The Balaban J connectivity index is 2.54. The highest BCUT2D eigenvalue weighted by Gasteiger charge is 2.09. The van der Waals surface area contributed by atoms with Crippen LogP contribution in [0.3, 0.4) is 0 Å². The molecule has 0 bridgehead atoms. The first-order chi connectivity index (χ1) is 7.13. The molecule has 0 aromatic carbocycles. The van der Waals surface area contributed by atoms with Crippen LogP contribution < -0.4 is 11.1 Å². The summed E-state index contributed by atoms with van der Waals surface area (Å²) in [6, 6.07) is 0. The van der Waals surface area contributed by atoms with E-state index < -0.39 is 0 Å². The molecule has 0 saturated carbocycles. The first-order valence-electron chi connectivity index (χ1n) is 4.39. The Hall–Kier alpha value is -0.720. The summed E-state index contributed by atoms with van der Waals surface area (Å²) in [7, 11) is 0. The maximum absolute atomic E-state index is 11.5. The number of nitrogens with two attached hydrogens (primary N) is 1. The third-order valence-corrected chi connectivity index (χ3v) is 2.77. The van der Waals surface area contributed by atoms with E-state index in [0.29, 0.717) is 25.2 Å². The van der Waals surface area contributed by atoms with Crippen molar-refractivity contribution in [3.63, 3.8) is 0 Å². The summed E-state index contributed by atoms with van der Waals surface area (Å²) in [5, 5.41) is 5.30. The first kappa shape index (κ1) is 12.4. The van der Waals surface area contributed by atoms with Crippen molar-refractivity contribution < 1.29 is 4.79 Å². The summed E-state index contributed by atoms with van der Waals surface area (Å²) < 4.78 is 0.730. The third kappa shape index (κ3) is 4.11. The van der Waals surface area contributed by atoms with Gasteiger partial charge >= 0.3 is 0 Å². The summed E-state index contributed by atoms with van der Waals surface area (Å²) in [4.78, 5) is 15.7. The highest BCUT2D eigenvalue weighted by atomic mass is 79.9. The number of hydrogen-bond donors (Lipinski definition) is 2. The van der Waals surface area contributed by atoms with Crippen molar-refractivity contribution in [3.05, 3.63) is 27.1 Å². The molecule has 1 heterocycles. The van der Waals surface area contributed by atoms with Gasteiger partial charge in [0.05, 0.1) is 5.01 Å². The molecular formula is C9H12BrN3OS. The van der Waals surface area contributed by atoms with E-state index in [1.807, 2.05) is 0 Å². The molecule has 0 unspecified atom stereocenters. The molecule has 0 radical (unpaired) electrons. The van der Waals surface area contributed by atoms with Crippen molar-refractivity contribution in [1.29, 1.82) is 0 Å². The minimum absolute atomic E-state index is 0.185. The van der Waals surface area contributed by atoms with Gasteiger partial charge in [-0.25, -0.2) is 4.98 Å². The summed E-state index contributed by atoms with van der Waals surface area (Å²) >= 11 is 4.61. The maximum Gasteiger partial charge on any atom is 0.271 e. The largest absolute Gasteiger partial charge is 0.346 e. The van der Waals surface area contributed by atoms with Gasteiger partial charge < -0.3 is 11.1 Å². The van der Waals surface area contributed by atoms with E-state index in [1.165, 1.54) is 11.3 Å². The number of aromatic nitrogens is 1. The predicted molar refractivity (Wildman–Crippen MR) is 65.3 cm³/mol. The fraction of sp³-hybridized carbons (Fsp3) is 0.333. The highest BCUT2D eigenvalue weighted by Crippen LogP contribution is 2.10. The molecule has 15 heavy (non-hydrogen) atoms. The Bertz CT molecular complexity index is 364. The van der Waals surface area contributed by atoms with Gasteiger partial charge in [0.2, 0.25) is 0 Å². The van der Waals surface area contributed by atoms with Crippen molar-refractivity contribution in [2.45, 2.75) is 6.42 Å². The molecule has 4 nitrogen and oxygen atoms in total. The summed E-state index contributed by atoms with van der Waals surface area (Å²) in [5.74, 6) is -0.185.